The molecule has 10 heteroatoms. The molecule has 3 aromatic rings. The second kappa shape index (κ2) is 6.36. The van der Waals surface area contributed by atoms with E-state index in [1.807, 2.05) is 20.8 Å². The van der Waals surface area contributed by atoms with Gasteiger partial charge in [-0.2, -0.15) is 13.2 Å². The topological polar surface area (TPSA) is 85.8 Å². The molecular formula is C17H18F3N5O2. The Morgan fingerprint density at radius 3 is 2.48 bits per heavy atom. The third kappa shape index (κ3) is 4.09. The summed E-state index contributed by atoms with van der Waals surface area (Å²) >= 11 is 0. The average molecular weight is 381 g/mol. The van der Waals surface area contributed by atoms with Crippen LogP contribution >= 0.6 is 0 Å². The van der Waals surface area contributed by atoms with Gasteiger partial charge >= 0.3 is 6.18 Å². The van der Waals surface area contributed by atoms with E-state index in [9.17, 15) is 18.0 Å². The molecule has 0 aliphatic rings. The van der Waals surface area contributed by atoms with Gasteiger partial charge in [-0.3, -0.25) is 10.1 Å². The second-order valence-corrected chi connectivity index (χ2v) is 7.40. The molecular weight excluding hydrogens is 363 g/mol. The number of hydrogen-bond acceptors (Lipinski definition) is 5. The zero-order valence-corrected chi connectivity index (χ0v) is 15.2. The minimum Gasteiger partial charge on any atom is -0.338 e. The SMILES string of the molecule is Cc1cc(-n2c(NC(=O)CC(C)(C)C)nc3ccc(C(F)(F)F)nc32)on1. The Morgan fingerprint density at radius 1 is 1.22 bits per heavy atom. The number of aryl methyl sites for hydroxylation is 1. The lowest BCUT2D eigenvalue weighted by Crippen LogP contribution is -2.21. The number of aromatic nitrogens is 4. The Balaban J connectivity index is 2.13. The van der Waals surface area contributed by atoms with Gasteiger partial charge in [0, 0.05) is 12.5 Å². The molecule has 0 aromatic carbocycles. The molecule has 0 saturated heterocycles. The first kappa shape index (κ1) is 18.9. The third-order valence-corrected chi connectivity index (χ3v) is 3.57. The van der Waals surface area contributed by atoms with Gasteiger partial charge in [0.15, 0.2) is 5.65 Å². The van der Waals surface area contributed by atoms with Gasteiger partial charge in [-0.1, -0.05) is 25.9 Å². The van der Waals surface area contributed by atoms with Crippen LogP contribution in [0.3, 0.4) is 0 Å². The predicted molar refractivity (Wildman–Crippen MR) is 91.4 cm³/mol. The predicted octanol–water partition coefficient (Wildman–Crippen LogP) is 4.11. The Kier molecular flexibility index (Phi) is 4.44. The van der Waals surface area contributed by atoms with Crippen molar-refractivity contribution in [2.75, 3.05) is 5.32 Å². The van der Waals surface area contributed by atoms with E-state index in [0.29, 0.717) is 5.69 Å². The number of nitrogens with zero attached hydrogens (tertiary/aromatic N) is 4. The number of anilines is 1. The van der Waals surface area contributed by atoms with Crippen molar-refractivity contribution >= 4 is 23.0 Å². The Bertz CT molecular complexity index is 998. The number of pyridine rings is 1. The fourth-order valence-electron chi connectivity index (χ4n) is 2.51. The first-order chi connectivity index (χ1) is 12.4. The summed E-state index contributed by atoms with van der Waals surface area (Å²) in [7, 11) is 0. The number of halogens is 3. The number of imidazole rings is 1. The molecule has 7 nitrogen and oxygen atoms in total. The van der Waals surface area contributed by atoms with Crippen LogP contribution in [0.25, 0.3) is 17.0 Å². The van der Waals surface area contributed by atoms with Gasteiger partial charge < -0.3 is 4.52 Å². The average Bonchev–Trinajstić information content (AvgIpc) is 3.06. The number of alkyl halides is 3. The molecule has 0 aliphatic carbocycles. The summed E-state index contributed by atoms with van der Waals surface area (Å²) in [5, 5.41) is 6.37. The largest absolute Gasteiger partial charge is 0.433 e. The minimum absolute atomic E-state index is 0.0159. The summed E-state index contributed by atoms with van der Waals surface area (Å²) in [6.45, 7) is 7.35. The molecule has 27 heavy (non-hydrogen) atoms. The highest BCUT2D eigenvalue weighted by Crippen LogP contribution is 2.31. The number of hydrogen-bond donors (Lipinski definition) is 1. The summed E-state index contributed by atoms with van der Waals surface area (Å²) in [6.07, 6.45) is -4.41. The van der Waals surface area contributed by atoms with Crippen molar-refractivity contribution in [2.45, 2.75) is 40.3 Å². The van der Waals surface area contributed by atoms with Crippen molar-refractivity contribution in [1.82, 2.24) is 19.7 Å². The fourth-order valence-corrected chi connectivity index (χ4v) is 2.51. The molecule has 3 rings (SSSR count). The number of nitrogens with one attached hydrogen (secondary N) is 1. The maximum absolute atomic E-state index is 13.1. The van der Waals surface area contributed by atoms with Gasteiger partial charge in [0.2, 0.25) is 17.7 Å². The zero-order valence-electron chi connectivity index (χ0n) is 15.2. The quantitative estimate of drug-likeness (QED) is 0.738. The molecule has 0 atom stereocenters. The summed E-state index contributed by atoms with van der Waals surface area (Å²) in [5.74, 6) is -0.207. The lowest BCUT2D eigenvalue weighted by Gasteiger charge is -2.17. The minimum atomic E-state index is -4.61. The van der Waals surface area contributed by atoms with Crippen LogP contribution in [-0.4, -0.2) is 25.6 Å². The molecule has 0 bridgehead atoms. The highest BCUT2D eigenvalue weighted by atomic mass is 19.4. The standard InChI is InChI=1S/C17H18F3N5O2/c1-9-7-13(27-24-9)25-14-10(5-6-11(22-14)17(18,19)20)21-15(25)23-12(26)8-16(2,3)4/h5-7H,8H2,1-4H3,(H,21,23,26). The van der Waals surface area contributed by atoms with Gasteiger partial charge in [-0.25, -0.2) is 14.5 Å². The van der Waals surface area contributed by atoms with Crippen molar-refractivity contribution in [3.8, 4) is 5.88 Å². The van der Waals surface area contributed by atoms with E-state index >= 15 is 0 Å². The normalized spacial score (nSPS) is 12.6. The molecule has 0 saturated carbocycles. The lowest BCUT2D eigenvalue weighted by molar-refractivity contribution is -0.141. The molecule has 0 radical (unpaired) electrons. The fraction of sp³-hybridized carbons (Fsp3) is 0.412. The van der Waals surface area contributed by atoms with Crippen LogP contribution in [-0.2, 0) is 11.0 Å². The number of carbonyl (C=O) groups is 1. The van der Waals surface area contributed by atoms with Crippen molar-refractivity contribution < 1.29 is 22.5 Å². The van der Waals surface area contributed by atoms with E-state index in [1.165, 1.54) is 16.7 Å². The van der Waals surface area contributed by atoms with Crippen LogP contribution in [0.2, 0.25) is 0 Å². The number of rotatable bonds is 3. The number of carbonyl (C=O) groups excluding carboxylic acids is 1. The van der Waals surface area contributed by atoms with Gasteiger partial charge in [-0.05, 0) is 24.5 Å². The molecule has 0 unspecified atom stereocenters. The van der Waals surface area contributed by atoms with E-state index in [2.05, 4.69) is 20.4 Å². The first-order valence-corrected chi connectivity index (χ1v) is 8.14. The highest BCUT2D eigenvalue weighted by Gasteiger charge is 2.33. The van der Waals surface area contributed by atoms with Crippen LogP contribution in [0.1, 0.15) is 38.6 Å². The summed E-state index contributed by atoms with van der Waals surface area (Å²) in [4.78, 5) is 20.2. The van der Waals surface area contributed by atoms with Crippen molar-refractivity contribution in [3.63, 3.8) is 0 Å². The Labute approximate surface area is 152 Å². The molecule has 0 aliphatic heterocycles. The van der Waals surface area contributed by atoms with E-state index in [-0.39, 0.29) is 40.7 Å². The molecule has 3 heterocycles. The maximum Gasteiger partial charge on any atom is 0.433 e. The molecule has 0 spiro atoms. The van der Waals surface area contributed by atoms with Crippen LogP contribution < -0.4 is 5.32 Å². The molecule has 144 valence electrons. The van der Waals surface area contributed by atoms with Crippen molar-refractivity contribution in [3.05, 3.63) is 29.6 Å². The molecule has 0 fully saturated rings. The summed E-state index contributed by atoms with van der Waals surface area (Å²) in [6, 6.07) is 3.55. The van der Waals surface area contributed by atoms with Gasteiger partial charge in [0.05, 0.1) is 5.69 Å². The van der Waals surface area contributed by atoms with Crippen molar-refractivity contribution in [2.24, 2.45) is 5.41 Å². The third-order valence-electron chi connectivity index (χ3n) is 3.57. The Morgan fingerprint density at radius 2 is 1.93 bits per heavy atom. The van der Waals surface area contributed by atoms with Crippen molar-refractivity contribution in [1.29, 1.82) is 0 Å². The summed E-state index contributed by atoms with van der Waals surface area (Å²) in [5.41, 5.74) is -0.730. The van der Waals surface area contributed by atoms with E-state index in [4.69, 9.17) is 4.52 Å². The number of amides is 1. The number of fused-ring (bicyclic) bond motifs is 1. The molecule has 1 N–H and O–H groups in total. The highest BCUT2D eigenvalue weighted by molar-refractivity contribution is 5.92. The van der Waals surface area contributed by atoms with Gasteiger partial charge in [-0.15, -0.1) is 0 Å². The smallest absolute Gasteiger partial charge is 0.338 e. The first-order valence-electron chi connectivity index (χ1n) is 8.14. The van der Waals surface area contributed by atoms with Gasteiger partial charge in [0.1, 0.15) is 11.2 Å². The second-order valence-electron chi connectivity index (χ2n) is 7.40. The van der Waals surface area contributed by atoms with E-state index in [1.54, 1.807) is 6.92 Å². The maximum atomic E-state index is 13.1. The van der Waals surface area contributed by atoms with Crippen LogP contribution in [0.5, 0.6) is 0 Å². The van der Waals surface area contributed by atoms with Crippen LogP contribution in [0.15, 0.2) is 22.7 Å². The van der Waals surface area contributed by atoms with Crippen LogP contribution in [0, 0.1) is 12.3 Å². The molecule has 1 amide bonds. The van der Waals surface area contributed by atoms with E-state index in [0.717, 1.165) is 6.07 Å². The van der Waals surface area contributed by atoms with Gasteiger partial charge in [0.25, 0.3) is 0 Å². The Hall–Kier alpha value is -2.91. The molecule has 3 aromatic heterocycles. The monoisotopic (exact) mass is 381 g/mol. The van der Waals surface area contributed by atoms with Crippen LogP contribution in [0.4, 0.5) is 19.1 Å². The lowest BCUT2D eigenvalue weighted by atomic mass is 9.92. The van der Waals surface area contributed by atoms with E-state index < -0.39 is 11.9 Å². The summed E-state index contributed by atoms with van der Waals surface area (Å²) < 4.78 is 45.6. The zero-order chi connectivity index (χ0) is 20.0.